The number of ketones is 1. The minimum atomic E-state index is -1.04. The summed E-state index contributed by atoms with van der Waals surface area (Å²) in [5.74, 6) is -0.544. The number of aliphatic carboxylic acids is 1. The highest BCUT2D eigenvalue weighted by Gasteiger charge is 2.20. The van der Waals surface area contributed by atoms with E-state index in [-0.39, 0.29) is 18.0 Å². The number of aryl methyl sites for hydroxylation is 1. The Morgan fingerprint density at radius 2 is 2.12 bits per heavy atom. The second-order valence-electron chi connectivity index (χ2n) is 5.61. The molecule has 0 atom stereocenters. The van der Waals surface area contributed by atoms with Crippen LogP contribution in [0, 0.1) is 6.92 Å². The molecular weight excluding hydrogens is 324 g/mol. The van der Waals surface area contributed by atoms with Crippen LogP contribution < -0.4 is 0 Å². The van der Waals surface area contributed by atoms with Gasteiger partial charge in [-0.2, -0.15) is 5.10 Å². The standard InChI is InChI=1S/C17H16N4O4/c1-4-5-11-6-12(17-19-18-10(3)25-17)7-13-15(9(2)22)20-21(16(11)13)8-14(23)24/h4,6-7H,1,5,8H2,2-3H3,(H,23,24). The number of carbonyl (C=O) groups is 2. The molecule has 0 aliphatic rings. The van der Waals surface area contributed by atoms with Crippen LogP contribution in [0.3, 0.4) is 0 Å². The summed E-state index contributed by atoms with van der Waals surface area (Å²) in [6, 6.07) is 3.54. The van der Waals surface area contributed by atoms with Crippen LogP contribution in [0.2, 0.25) is 0 Å². The second-order valence-corrected chi connectivity index (χ2v) is 5.61. The zero-order valence-corrected chi connectivity index (χ0v) is 13.8. The molecule has 0 unspecified atom stereocenters. The Labute approximate surface area is 142 Å². The van der Waals surface area contributed by atoms with Crippen molar-refractivity contribution in [3.63, 3.8) is 0 Å². The Kier molecular flexibility index (Phi) is 4.18. The molecule has 0 saturated heterocycles. The van der Waals surface area contributed by atoms with Gasteiger partial charge in [-0.3, -0.25) is 14.3 Å². The quantitative estimate of drug-likeness (QED) is 0.542. The van der Waals surface area contributed by atoms with E-state index in [1.807, 2.05) is 6.07 Å². The van der Waals surface area contributed by atoms with Crippen LogP contribution in [0.15, 0.2) is 29.2 Å². The van der Waals surface area contributed by atoms with Gasteiger partial charge in [-0.05, 0) is 24.1 Å². The molecule has 0 aliphatic carbocycles. The lowest BCUT2D eigenvalue weighted by atomic mass is 10.0. The number of fused-ring (bicyclic) bond motifs is 1. The largest absolute Gasteiger partial charge is 0.480 e. The second kappa shape index (κ2) is 6.31. The Morgan fingerprint density at radius 1 is 1.36 bits per heavy atom. The van der Waals surface area contributed by atoms with Crippen LogP contribution in [0.25, 0.3) is 22.4 Å². The van der Waals surface area contributed by atoms with E-state index in [2.05, 4.69) is 21.9 Å². The zero-order chi connectivity index (χ0) is 18.1. The number of aromatic nitrogens is 4. The first-order valence-electron chi connectivity index (χ1n) is 7.58. The summed E-state index contributed by atoms with van der Waals surface area (Å²) in [5, 5.41) is 21.7. The van der Waals surface area contributed by atoms with E-state index in [1.165, 1.54) is 11.6 Å². The highest BCUT2D eigenvalue weighted by Crippen LogP contribution is 2.30. The predicted octanol–water partition coefficient (Wildman–Crippen LogP) is 2.41. The maximum atomic E-state index is 12.0. The molecule has 8 nitrogen and oxygen atoms in total. The Bertz CT molecular complexity index is 1000. The van der Waals surface area contributed by atoms with Gasteiger partial charge in [-0.1, -0.05) is 6.08 Å². The number of allylic oxidation sites excluding steroid dienone is 1. The lowest BCUT2D eigenvalue weighted by molar-refractivity contribution is -0.137. The molecule has 1 aromatic carbocycles. The van der Waals surface area contributed by atoms with Gasteiger partial charge in [0.15, 0.2) is 5.78 Å². The van der Waals surface area contributed by atoms with Crippen molar-refractivity contribution >= 4 is 22.7 Å². The number of hydrogen-bond donors (Lipinski definition) is 1. The normalized spacial score (nSPS) is 11.0. The molecule has 3 aromatic rings. The molecule has 0 aliphatic heterocycles. The summed E-state index contributed by atoms with van der Waals surface area (Å²) < 4.78 is 6.80. The lowest BCUT2D eigenvalue weighted by Gasteiger charge is -2.07. The fourth-order valence-corrected chi connectivity index (χ4v) is 2.75. The average molecular weight is 340 g/mol. The molecule has 2 heterocycles. The van der Waals surface area contributed by atoms with Crippen molar-refractivity contribution in [2.24, 2.45) is 0 Å². The maximum Gasteiger partial charge on any atom is 0.325 e. The minimum Gasteiger partial charge on any atom is -0.480 e. The molecule has 128 valence electrons. The molecule has 0 spiro atoms. The minimum absolute atomic E-state index is 0.208. The van der Waals surface area contributed by atoms with E-state index in [9.17, 15) is 9.59 Å². The number of carboxylic acids is 1. The van der Waals surface area contributed by atoms with Crippen molar-refractivity contribution in [1.29, 1.82) is 0 Å². The van der Waals surface area contributed by atoms with E-state index in [1.54, 1.807) is 19.1 Å². The Morgan fingerprint density at radius 3 is 2.68 bits per heavy atom. The third kappa shape index (κ3) is 3.06. The smallest absolute Gasteiger partial charge is 0.325 e. The number of rotatable bonds is 6. The van der Waals surface area contributed by atoms with Gasteiger partial charge in [0.05, 0.1) is 5.52 Å². The molecule has 2 aromatic heterocycles. The van der Waals surface area contributed by atoms with Crippen molar-refractivity contribution in [2.45, 2.75) is 26.8 Å². The first-order chi connectivity index (χ1) is 11.9. The SMILES string of the molecule is C=CCc1cc(-c2nnc(C)o2)cc2c(C(C)=O)nn(CC(=O)O)c12. The molecule has 0 radical (unpaired) electrons. The van der Waals surface area contributed by atoms with Gasteiger partial charge in [0, 0.05) is 24.8 Å². The fourth-order valence-electron chi connectivity index (χ4n) is 2.75. The summed E-state index contributed by atoms with van der Waals surface area (Å²) in [7, 11) is 0. The van der Waals surface area contributed by atoms with Gasteiger partial charge in [0.2, 0.25) is 11.8 Å². The van der Waals surface area contributed by atoms with Crippen molar-refractivity contribution in [3.05, 3.63) is 41.9 Å². The predicted molar refractivity (Wildman–Crippen MR) is 89.3 cm³/mol. The molecule has 0 fully saturated rings. The van der Waals surface area contributed by atoms with E-state index < -0.39 is 5.97 Å². The van der Waals surface area contributed by atoms with E-state index >= 15 is 0 Å². The molecule has 0 saturated carbocycles. The Balaban J connectivity index is 2.33. The van der Waals surface area contributed by atoms with Crippen LogP contribution in [-0.4, -0.2) is 36.8 Å². The van der Waals surface area contributed by atoms with Gasteiger partial charge >= 0.3 is 5.97 Å². The maximum absolute atomic E-state index is 12.0. The van der Waals surface area contributed by atoms with E-state index in [0.29, 0.717) is 34.7 Å². The summed E-state index contributed by atoms with van der Waals surface area (Å²) in [6.45, 7) is 6.48. The van der Waals surface area contributed by atoms with Gasteiger partial charge in [-0.15, -0.1) is 16.8 Å². The van der Waals surface area contributed by atoms with Crippen LogP contribution in [0.1, 0.15) is 28.9 Å². The van der Waals surface area contributed by atoms with Crippen LogP contribution in [0.4, 0.5) is 0 Å². The molecule has 8 heteroatoms. The number of benzene rings is 1. The lowest BCUT2D eigenvalue weighted by Crippen LogP contribution is -2.11. The number of nitrogens with zero attached hydrogens (tertiary/aromatic N) is 4. The molecule has 0 amide bonds. The Hall–Kier alpha value is -3.29. The van der Waals surface area contributed by atoms with Gasteiger partial charge < -0.3 is 9.52 Å². The molecule has 0 bridgehead atoms. The first-order valence-corrected chi connectivity index (χ1v) is 7.58. The van der Waals surface area contributed by atoms with Crippen molar-refractivity contribution in [1.82, 2.24) is 20.0 Å². The number of carbonyl (C=O) groups excluding carboxylic acids is 1. The zero-order valence-electron chi connectivity index (χ0n) is 13.8. The topological polar surface area (TPSA) is 111 Å². The third-order valence-corrected chi connectivity index (χ3v) is 3.68. The van der Waals surface area contributed by atoms with Crippen molar-refractivity contribution < 1.29 is 19.1 Å². The molecule has 3 rings (SSSR count). The van der Waals surface area contributed by atoms with Crippen LogP contribution >= 0.6 is 0 Å². The van der Waals surface area contributed by atoms with Crippen molar-refractivity contribution in [3.8, 4) is 11.5 Å². The molecule has 1 N–H and O–H groups in total. The highest BCUT2D eigenvalue weighted by molar-refractivity contribution is 6.06. The number of Topliss-reactive ketones (excluding diaryl/α,β-unsaturated/α-hetero) is 1. The summed E-state index contributed by atoms with van der Waals surface area (Å²) in [6.07, 6.45) is 2.17. The number of hydrogen-bond acceptors (Lipinski definition) is 6. The van der Waals surface area contributed by atoms with Gasteiger partial charge in [0.25, 0.3) is 0 Å². The van der Waals surface area contributed by atoms with E-state index in [0.717, 1.165) is 5.56 Å². The van der Waals surface area contributed by atoms with Gasteiger partial charge in [0.1, 0.15) is 12.2 Å². The van der Waals surface area contributed by atoms with Crippen LogP contribution in [-0.2, 0) is 17.8 Å². The number of carboxylic acid groups (broad SMARTS) is 1. The monoisotopic (exact) mass is 340 g/mol. The fraction of sp³-hybridized carbons (Fsp3) is 0.235. The highest BCUT2D eigenvalue weighted by atomic mass is 16.4. The first kappa shape index (κ1) is 16.6. The summed E-state index contributed by atoms with van der Waals surface area (Å²) in [4.78, 5) is 23.1. The third-order valence-electron chi connectivity index (χ3n) is 3.68. The summed E-state index contributed by atoms with van der Waals surface area (Å²) in [5.41, 5.74) is 2.22. The average Bonchev–Trinajstić information content (AvgIpc) is 3.11. The molecule has 25 heavy (non-hydrogen) atoms. The van der Waals surface area contributed by atoms with Gasteiger partial charge in [-0.25, -0.2) is 0 Å². The van der Waals surface area contributed by atoms with E-state index in [4.69, 9.17) is 9.52 Å². The summed E-state index contributed by atoms with van der Waals surface area (Å²) >= 11 is 0. The van der Waals surface area contributed by atoms with Crippen LogP contribution in [0.5, 0.6) is 0 Å². The molecular formula is C17H16N4O4. The van der Waals surface area contributed by atoms with Crippen molar-refractivity contribution in [2.75, 3.05) is 0 Å².